The Kier molecular flexibility index (Phi) is 7.85. The number of hydrogen-bond donors (Lipinski definition) is 0. The van der Waals surface area contributed by atoms with Crippen molar-refractivity contribution in [2.45, 2.75) is 39.1 Å². The van der Waals surface area contributed by atoms with E-state index in [4.69, 9.17) is 14.2 Å². The first-order chi connectivity index (χ1) is 10.5. The van der Waals surface area contributed by atoms with Gasteiger partial charge in [0.25, 0.3) is 0 Å². The van der Waals surface area contributed by atoms with Crippen LogP contribution in [0.2, 0.25) is 0 Å². The molecule has 1 atom stereocenters. The fourth-order valence-corrected chi connectivity index (χ4v) is 2.31. The molecule has 0 heterocycles. The third-order valence-corrected chi connectivity index (χ3v) is 3.43. The van der Waals surface area contributed by atoms with E-state index in [1.807, 2.05) is 32.0 Å². The van der Waals surface area contributed by atoms with Crippen molar-refractivity contribution >= 4 is 5.97 Å². The zero-order chi connectivity index (χ0) is 16.5. The van der Waals surface area contributed by atoms with Gasteiger partial charge in [-0.05, 0) is 32.3 Å². The van der Waals surface area contributed by atoms with Gasteiger partial charge in [0.15, 0.2) is 6.29 Å². The Balaban J connectivity index is 2.79. The quantitative estimate of drug-likeness (QED) is 0.399. The van der Waals surface area contributed by atoms with Crippen LogP contribution < -0.4 is 0 Å². The smallest absolute Gasteiger partial charge is 0.334 e. The molecule has 0 bridgehead atoms. The van der Waals surface area contributed by atoms with E-state index in [1.54, 1.807) is 14.2 Å². The fourth-order valence-electron chi connectivity index (χ4n) is 2.31. The lowest BCUT2D eigenvalue weighted by Crippen LogP contribution is -2.31. The summed E-state index contributed by atoms with van der Waals surface area (Å²) in [4.78, 5) is 12.1. The topological polar surface area (TPSA) is 44.8 Å². The van der Waals surface area contributed by atoms with Crippen LogP contribution >= 0.6 is 0 Å². The van der Waals surface area contributed by atoms with Crippen LogP contribution in [0.15, 0.2) is 42.5 Å². The number of benzene rings is 1. The highest BCUT2D eigenvalue weighted by Crippen LogP contribution is 2.24. The molecule has 0 amide bonds. The SMILES string of the molecule is C=C(C(=O)OC(C)C)[C@H](CCc1ccccc1)C(OC)OC. The molecule has 22 heavy (non-hydrogen) atoms. The number of hydrogen-bond acceptors (Lipinski definition) is 4. The van der Waals surface area contributed by atoms with Crippen molar-refractivity contribution in [3.05, 3.63) is 48.0 Å². The summed E-state index contributed by atoms with van der Waals surface area (Å²) in [5, 5.41) is 0. The van der Waals surface area contributed by atoms with Gasteiger partial charge in [-0.1, -0.05) is 36.9 Å². The molecule has 0 radical (unpaired) electrons. The van der Waals surface area contributed by atoms with Crippen molar-refractivity contribution in [1.29, 1.82) is 0 Å². The molecule has 0 saturated carbocycles. The van der Waals surface area contributed by atoms with Gasteiger partial charge in [-0.25, -0.2) is 4.79 Å². The zero-order valence-corrected chi connectivity index (χ0v) is 13.9. The Hall–Kier alpha value is -1.65. The molecule has 4 nitrogen and oxygen atoms in total. The van der Waals surface area contributed by atoms with Crippen LogP contribution in [0.4, 0.5) is 0 Å². The number of methoxy groups -OCH3 is 2. The van der Waals surface area contributed by atoms with E-state index in [1.165, 1.54) is 5.56 Å². The molecule has 122 valence electrons. The third kappa shape index (κ3) is 5.62. The molecule has 0 N–H and O–H groups in total. The van der Waals surface area contributed by atoms with Crippen molar-refractivity contribution in [1.82, 2.24) is 0 Å². The molecular weight excluding hydrogens is 280 g/mol. The van der Waals surface area contributed by atoms with Crippen LogP contribution in [0.3, 0.4) is 0 Å². The second-order valence-electron chi connectivity index (χ2n) is 5.45. The number of esters is 1. The first-order valence-corrected chi connectivity index (χ1v) is 7.48. The number of aryl methyl sites for hydroxylation is 1. The standard InChI is InChI=1S/C18H26O4/c1-13(2)22-17(19)14(3)16(18(20-4)21-5)12-11-15-9-7-6-8-10-15/h6-10,13,16,18H,3,11-12H2,1-2,4-5H3/t16-/m0/s1. The Morgan fingerprint density at radius 3 is 2.23 bits per heavy atom. The van der Waals surface area contributed by atoms with Gasteiger partial charge in [0.1, 0.15) is 0 Å². The highest BCUT2D eigenvalue weighted by Gasteiger charge is 2.29. The Labute approximate surface area is 133 Å². The van der Waals surface area contributed by atoms with Crippen molar-refractivity contribution in [3.63, 3.8) is 0 Å². The van der Waals surface area contributed by atoms with E-state index in [9.17, 15) is 4.79 Å². The summed E-state index contributed by atoms with van der Waals surface area (Å²) < 4.78 is 15.9. The van der Waals surface area contributed by atoms with Gasteiger partial charge in [0.05, 0.1) is 6.10 Å². The lowest BCUT2D eigenvalue weighted by Gasteiger charge is -2.26. The van der Waals surface area contributed by atoms with Crippen LogP contribution in [0.25, 0.3) is 0 Å². The second kappa shape index (κ2) is 9.38. The van der Waals surface area contributed by atoms with E-state index in [2.05, 4.69) is 18.7 Å². The van der Waals surface area contributed by atoms with E-state index < -0.39 is 12.3 Å². The Morgan fingerprint density at radius 1 is 1.14 bits per heavy atom. The number of ether oxygens (including phenoxy) is 3. The van der Waals surface area contributed by atoms with Crippen LogP contribution in [-0.2, 0) is 25.4 Å². The van der Waals surface area contributed by atoms with Gasteiger partial charge < -0.3 is 14.2 Å². The van der Waals surface area contributed by atoms with Crippen molar-refractivity contribution in [2.24, 2.45) is 5.92 Å². The minimum Gasteiger partial charge on any atom is -0.460 e. The summed E-state index contributed by atoms with van der Waals surface area (Å²) in [5.74, 6) is -0.645. The molecule has 1 aromatic rings. The maximum Gasteiger partial charge on any atom is 0.334 e. The van der Waals surface area contributed by atoms with Gasteiger partial charge in [0, 0.05) is 25.7 Å². The molecule has 0 aliphatic rings. The predicted molar refractivity (Wildman–Crippen MR) is 86.4 cm³/mol. The van der Waals surface area contributed by atoms with Crippen LogP contribution in [-0.4, -0.2) is 32.6 Å². The van der Waals surface area contributed by atoms with Crippen LogP contribution in [0.5, 0.6) is 0 Å². The van der Waals surface area contributed by atoms with Crippen molar-refractivity contribution in [3.8, 4) is 0 Å². The molecule has 1 rings (SSSR count). The Morgan fingerprint density at radius 2 is 1.73 bits per heavy atom. The van der Waals surface area contributed by atoms with E-state index in [-0.39, 0.29) is 12.0 Å². The Bertz CT molecular complexity index is 463. The van der Waals surface area contributed by atoms with Crippen LogP contribution in [0, 0.1) is 5.92 Å². The average molecular weight is 306 g/mol. The first kappa shape index (κ1) is 18.4. The minimum atomic E-state index is -0.518. The number of rotatable bonds is 9. The molecule has 0 unspecified atom stereocenters. The third-order valence-electron chi connectivity index (χ3n) is 3.43. The molecular formula is C18H26O4. The van der Waals surface area contributed by atoms with Gasteiger partial charge in [-0.15, -0.1) is 0 Å². The molecule has 0 aliphatic heterocycles. The first-order valence-electron chi connectivity index (χ1n) is 7.48. The largest absolute Gasteiger partial charge is 0.460 e. The van der Waals surface area contributed by atoms with Crippen molar-refractivity contribution in [2.75, 3.05) is 14.2 Å². The van der Waals surface area contributed by atoms with E-state index >= 15 is 0 Å². The maximum atomic E-state index is 12.1. The summed E-state index contributed by atoms with van der Waals surface area (Å²) in [6, 6.07) is 10.1. The highest BCUT2D eigenvalue weighted by molar-refractivity contribution is 5.88. The predicted octanol–water partition coefficient (Wildman–Crippen LogP) is 3.36. The number of carbonyl (C=O) groups excluding carboxylic acids is 1. The summed E-state index contributed by atoms with van der Waals surface area (Å²) >= 11 is 0. The lowest BCUT2D eigenvalue weighted by atomic mass is 9.92. The van der Waals surface area contributed by atoms with Gasteiger partial charge in [0.2, 0.25) is 0 Å². The highest BCUT2D eigenvalue weighted by atomic mass is 16.7. The number of carbonyl (C=O) groups is 1. The molecule has 0 saturated heterocycles. The monoisotopic (exact) mass is 306 g/mol. The molecule has 0 aromatic heterocycles. The van der Waals surface area contributed by atoms with E-state index in [0.717, 1.165) is 6.42 Å². The maximum absolute atomic E-state index is 12.1. The molecule has 0 fully saturated rings. The average Bonchev–Trinajstić information content (AvgIpc) is 2.51. The molecule has 4 heteroatoms. The van der Waals surface area contributed by atoms with Gasteiger partial charge >= 0.3 is 5.97 Å². The fraction of sp³-hybridized carbons (Fsp3) is 0.500. The second-order valence-corrected chi connectivity index (χ2v) is 5.45. The van der Waals surface area contributed by atoms with Gasteiger partial charge in [-0.2, -0.15) is 0 Å². The lowest BCUT2D eigenvalue weighted by molar-refractivity contribution is -0.151. The van der Waals surface area contributed by atoms with Gasteiger partial charge in [-0.3, -0.25) is 0 Å². The molecule has 0 aliphatic carbocycles. The summed E-state index contributed by atoms with van der Waals surface area (Å²) in [6.45, 7) is 7.53. The summed E-state index contributed by atoms with van der Waals surface area (Å²) in [5.41, 5.74) is 1.59. The normalized spacial score (nSPS) is 12.5. The zero-order valence-electron chi connectivity index (χ0n) is 13.9. The molecule has 1 aromatic carbocycles. The summed E-state index contributed by atoms with van der Waals surface area (Å²) in [6.07, 6.45) is 0.809. The van der Waals surface area contributed by atoms with Crippen LogP contribution in [0.1, 0.15) is 25.8 Å². The van der Waals surface area contributed by atoms with Crippen molar-refractivity contribution < 1.29 is 19.0 Å². The van der Waals surface area contributed by atoms with E-state index in [0.29, 0.717) is 12.0 Å². The summed E-state index contributed by atoms with van der Waals surface area (Å²) in [7, 11) is 3.12. The minimum absolute atomic E-state index is 0.178. The molecule has 0 spiro atoms.